The van der Waals surface area contributed by atoms with Crippen molar-refractivity contribution in [1.29, 1.82) is 0 Å². The lowest BCUT2D eigenvalue weighted by atomic mass is 10.0. The summed E-state index contributed by atoms with van der Waals surface area (Å²) < 4.78 is 0. The van der Waals surface area contributed by atoms with Crippen LogP contribution in [0.1, 0.15) is 52.8 Å². The molecule has 108 valence electrons. The van der Waals surface area contributed by atoms with E-state index in [9.17, 15) is 0 Å². The number of aryl methyl sites for hydroxylation is 1. The van der Waals surface area contributed by atoms with Crippen molar-refractivity contribution in [2.24, 2.45) is 5.92 Å². The third kappa shape index (κ3) is 4.98. The lowest BCUT2D eigenvalue weighted by Gasteiger charge is -2.26. The largest absolute Gasteiger partial charge is 0.356 e. The summed E-state index contributed by atoms with van der Waals surface area (Å²) in [6.07, 6.45) is 4.33. The highest BCUT2D eigenvalue weighted by molar-refractivity contribution is 6.29. The summed E-state index contributed by atoms with van der Waals surface area (Å²) in [5, 5.41) is 0.552. The Labute approximate surface area is 122 Å². The fourth-order valence-corrected chi connectivity index (χ4v) is 2.39. The summed E-state index contributed by atoms with van der Waals surface area (Å²) in [4.78, 5) is 11.2. The van der Waals surface area contributed by atoms with Gasteiger partial charge in [-0.05, 0) is 19.3 Å². The second-order valence-corrected chi connectivity index (χ2v) is 5.32. The monoisotopic (exact) mass is 283 g/mol. The van der Waals surface area contributed by atoms with Gasteiger partial charge in [0, 0.05) is 25.6 Å². The minimum Gasteiger partial charge on any atom is -0.356 e. The molecule has 1 heterocycles. The molecule has 0 bridgehead atoms. The average Bonchev–Trinajstić information content (AvgIpc) is 2.40. The van der Waals surface area contributed by atoms with Gasteiger partial charge in [-0.1, -0.05) is 45.2 Å². The van der Waals surface area contributed by atoms with E-state index in [4.69, 9.17) is 11.6 Å². The van der Waals surface area contributed by atoms with Gasteiger partial charge in [-0.3, -0.25) is 0 Å². The van der Waals surface area contributed by atoms with Gasteiger partial charge in [-0.2, -0.15) is 0 Å². The van der Waals surface area contributed by atoms with Crippen molar-refractivity contribution in [3.8, 4) is 0 Å². The SMILES string of the molecule is CCCc1nc(Cl)cc(N(CC)CC(CC)CC)n1. The summed E-state index contributed by atoms with van der Waals surface area (Å²) in [7, 11) is 0. The van der Waals surface area contributed by atoms with Crippen LogP contribution < -0.4 is 4.90 Å². The topological polar surface area (TPSA) is 29.0 Å². The average molecular weight is 284 g/mol. The number of aromatic nitrogens is 2. The van der Waals surface area contributed by atoms with Gasteiger partial charge in [0.15, 0.2) is 0 Å². The zero-order valence-corrected chi connectivity index (χ0v) is 13.4. The third-order valence-corrected chi connectivity index (χ3v) is 3.73. The first kappa shape index (κ1) is 16.2. The molecular weight excluding hydrogens is 258 g/mol. The van der Waals surface area contributed by atoms with Gasteiger partial charge in [-0.15, -0.1) is 0 Å². The molecule has 0 radical (unpaired) electrons. The zero-order chi connectivity index (χ0) is 14.3. The quantitative estimate of drug-likeness (QED) is 0.664. The number of nitrogens with zero attached hydrogens (tertiary/aromatic N) is 3. The van der Waals surface area contributed by atoms with Gasteiger partial charge >= 0.3 is 0 Å². The molecule has 0 unspecified atom stereocenters. The highest BCUT2D eigenvalue weighted by Crippen LogP contribution is 2.19. The van der Waals surface area contributed by atoms with Crippen LogP contribution in [0.4, 0.5) is 5.82 Å². The van der Waals surface area contributed by atoms with Crippen molar-refractivity contribution < 1.29 is 0 Å². The molecule has 0 aliphatic carbocycles. The first-order chi connectivity index (χ1) is 9.14. The molecule has 4 heteroatoms. The highest BCUT2D eigenvalue weighted by atomic mass is 35.5. The van der Waals surface area contributed by atoms with E-state index in [-0.39, 0.29) is 0 Å². The van der Waals surface area contributed by atoms with Gasteiger partial charge < -0.3 is 4.90 Å². The van der Waals surface area contributed by atoms with Gasteiger partial charge in [0.1, 0.15) is 16.8 Å². The molecule has 0 N–H and O–H groups in total. The minimum atomic E-state index is 0.552. The third-order valence-electron chi connectivity index (χ3n) is 3.54. The van der Waals surface area contributed by atoms with Crippen LogP contribution in [0, 0.1) is 5.92 Å². The van der Waals surface area contributed by atoms with Crippen LogP contribution in [0.5, 0.6) is 0 Å². The van der Waals surface area contributed by atoms with E-state index in [1.807, 2.05) is 6.07 Å². The van der Waals surface area contributed by atoms with E-state index in [0.717, 1.165) is 37.6 Å². The standard InChI is InChI=1S/C15H26ClN3/c1-5-9-14-17-13(16)10-15(18-14)19(8-4)11-12(6-2)7-3/h10,12H,5-9,11H2,1-4H3. The van der Waals surface area contributed by atoms with Crippen LogP contribution in [-0.2, 0) is 6.42 Å². The Hall–Kier alpha value is -0.830. The predicted octanol–water partition coefficient (Wildman–Crippen LogP) is 4.35. The molecule has 0 spiro atoms. The zero-order valence-electron chi connectivity index (χ0n) is 12.6. The molecule has 0 aromatic carbocycles. The second-order valence-electron chi connectivity index (χ2n) is 4.94. The van der Waals surface area contributed by atoms with Crippen molar-refractivity contribution in [2.75, 3.05) is 18.0 Å². The number of rotatable bonds is 8. The van der Waals surface area contributed by atoms with Crippen LogP contribution >= 0.6 is 11.6 Å². The van der Waals surface area contributed by atoms with E-state index in [0.29, 0.717) is 11.1 Å². The molecule has 19 heavy (non-hydrogen) atoms. The fourth-order valence-electron chi connectivity index (χ4n) is 2.19. The predicted molar refractivity (Wildman–Crippen MR) is 83.0 cm³/mol. The summed E-state index contributed by atoms with van der Waals surface area (Å²) in [6, 6.07) is 1.88. The Kier molecular flexibility index (Phi) is 7.14. The van der Waals surface area contributed by atoms with Crippen LogP contribution in [0.25, 0.3) is 0 Å². The number of anilines is 1. The first-order valence-corrected chi connectivity index (χ1v) is 7.80. The van der Waals surface area contributed by atoms with Crippen molar-refractivity contribution >= 4 is 17.4 Å². The maximum atomic E-state index is 6.11. The normalized spacial score (nSPS) is 11.1. The fraction of sp³-hybridized carbons (Fsp3) is 0.733. The Bertz CT molecular complexity index is 378. The molecule has 1 aromatic rings. The molecule has 0 amide bonds. The van der Waals surface area contributed by atoms with Gasteiger partial charge in [0.05, 0.1) is 0 Å². The van der Waals surface area contributed by atoms with Crippen LogP contribution in [-0.4, -0.2) is 23.1 Å². The van der Waals surface area contributed by atoms with Crippen molar-refractivity contribution in [3.63, 3.8) is 0 Å². The van der Waals surface area contributed by atoms with E-state index in [2.05, 4.69) is 42.6 Å². The van der Waals surface area contributed by atoms with Gasteiger partial charge in [0.2, 0.25) is 0 Å². The molecule has 0 aliphatic heterocycles. The molecule has 0 aliphatic rings. The molecule has 1 rings (SSSR count). The molecule has 0 fully saturated rings. The second kappa shape index (κ2) is 8.36. The molecular formula is C15H26ClN3. The summed E-state index contributed by atoms with van der Waals surface area (Å²) in [5.41, 5.74) is 0. The minimum absolute atomic E-state index is 0.552. The Morgan fingerprint density at radius 2 is 1.84 bits per heavy atom. The van der Waals surface area contributed by atoms with E-state index >= 15 is 0 Å². The molecule has 0 saturated carbocycles. The lowest BCUT2D eigenvalue weighted by molar-refractivity contribution is 0.484. The van der Waals surface area contributed by atoms with Gasteiger partial charge in [0.25, 0.3) is 0 Å². The lowest BCUT2D eigenvalue weighted by Crippen LogP contribution is -2.30. The maximum Gasteiger partial charge on any atom is 0.134 e. The molecule has 3 nitrogen and oxygen atoms in total. The smallest absolute Gasteiger partial charge is 0.134 e. The van der Waals surface area contributed by atoms with Crippen LogP contribution in [0.2, 0.25) is 5.15 Å². The highest BCUT2D eigenvalue weighted by Gasteiger charge is 2.13. The molecule has 0 atom stereocenters. The number of hydrogen-bond donors (Lipinski definition) is 0. The van der Waals surface area contributed by atoms with E-state index < -0.39 is 0 Å². The van der Waals surface area contributed by atoms with Crippen molar-refractivity contribution in [1.82, 2.24) is 9.97 Å². The van der Waals surface area contributed by atoms with Crippen molar-refractivity contribution in [3.05, 3.63) is 17.0 Å². The Balaban J connectivity index is 2.90. The summed E-state index contributed by atoms with van der Waals surface area (Å²) in [6.45, 7) is 10.8. The van der Waals surface area contributed by atoms with Crippen LogP contribution in [0.3, 0.4) is 0 Å². The number of halogens is 1. The van der Waals surface area contributed by atoms with Crippen LogP contribution in [0.15, 0.2) is 6.07 Å². The number of hydrogen-bond acceptors (Lipinski definition) is 3. The maximum absolute atomic E-state index is 6.11. The summed E-state index contributed by atoms with van der Waals surface area (Å²) >= 11 is 6.11. The molecule has 0 saturated heterocycles. The molecule has 1 aromatic heterocycles. The van der Waals surface area contributed by atoms with Crippen molar-refractivity contribution in [2.45, 2.75) is 53.4 Å². The Morgan fingerprint density at radius 3 is 2.37 bits per heavy atom. The van der Waals surface area contributed by atoms with E-state index in [1.54, 1.807) is 0 Å². The first-order valence-electron chi connectivity index (χ1n) is 7.42. The Morgan fingerprint density at radius 1 is 1.16 bits per heavy atom. The summed E-state index contributed by atoms with van der Waals surface area (Å²) in [5.74, 6) is 2.54. The van der Waals surface area contributed by atoms with E-state index in [1.165, 1.54) is 12.8 Å². The van der Waals surface area contributed by atoms with Gasteiger partial charge in [-0.25, -0.2) is 9.97 Å².